The van der Waals surface area contributed by atoms with Gasteiger partial charge in [0.1, 0.15) is 42.2 Å². The summed E-state index contributed by atoms with van der Waals surface area (Å²) in [4.78, 5) is 16.8. The fourth-order valence-corrected chi connectivity index (χ4v) is 7.11. The molecule has 0 aliphatic carbocycles. The zero-order valence-electron chi connectivity index (χ0n) is 24.3. The Kier molecular flexibility index (Phi) is 7.24. The summed E-state index contributed by atoms with van der Waals surface area (Å²) in [6.45, 7) is 1.85. The Bertz CT molecular complexity index is 1740. The van der Waals surface area contributed by atoms with Crippen LogP contribution in [0.3, 0.4) is 0 Å². The van der Waals surface area contributed by atoms with Crippen LogP contribution in [0.5, 0.6) is 11.8 Å². The van der Waals surface area contributed by atoms with Crippen molar-refractivity contribution >= 4 is 27.5 Å². The third-order valence-corrected chi connectivity index (χ3v) is 9.10. The van der Waals surface area contributed by atoms with Gasteiger partial charge in [0.15, 0.2) is 5.82 Å². The largest absolute Gasteiger partial charge is 0.508 e. The second kappa shape index (κ2) is 11.0. The van der Waals surface area contributed by atoms with Crippen LogP contribution in [-0.2, 0) is 11.2 Å². The molecule has 3 fully saturated rings. The number of rotatable bonds is 6. The molecule has 2 aromatic carbocycles. The van der Waals surface area contributed by atoms with Crippen molar-refractivity contribution in [2.24, 2.45) is 0 Å². The fraction of sp³-hybridized carbons (Fsp3) is 0.469. The van der Waals surface area contributed by atoms with Crippen LogP contribution in [0.2, 0.25) is 0 Å². The topological polar surface area (TPSA) is 83.8 Å². The van der Waals surface area contributed by atoms with Gasteiger partial charge >= 0.3 is 6.01 Å². The highest BCUT2D eigenvalue weighted by atomic mass is 19.3. The number of benzene rings is 2. The van der Waals surface area contributed by atoms with Gasteiger partial charge in [-0.25, -0.2) is 17.6 Å². The van der Waals surface area contributed by atoms with Gasteiger partial charge in [-0.3, -0.25) is 9.88 Å². The number of aryl methyl sites for hydroxylation is 1. The third-order valence-electron chi connectivity index (χ3n) is 9.10. The molecule has 44 heavy (non-hydrogen) atoms. The second-order valence-electron chi connectivity index (χ2n) is 12.1. The van der Waals surface area contributed by atoms with Crippen LogP contribution in [0, 0.1) is 5.82 Å². The van der Waals surface area contributed by atoms with Crippen LogP contribution >= 0.6 is 0 Å². The summed E-state index contributed by atoms with van der Waals surface area (Å²) in [6.07, 6.45) is 3.04. The number of phenols is 1. The van der Waals surface area contributed by atoms with E-state index in [-0.39, 0.29) is 53.9 Å². The number of alkyl halides is 3. The van der Waals surface area contributed by atoms with Crippen molar-refractivity contribution in [1.29, 1.82) is 0 Å². The molecule has 3 aliphatic heterocycles. The molecule has 12 heteroatoms. The molecule has 0 unspecified atom stereocenters. The van der Waals surface area contributed by atoms with Gasteiger partial charge in [0, 0.05) is 31.3 Å². The average molecular weight is 612 g/mol. The summed E-state index contributed by atoms with van der Waals surface area (Å²) < 4.78 is 71.6. The van der Waals surface area contributed by atoms with E-state index in [0.717, 1.165) is 35.7 Å². The lowest BCUT2D eigenvalue weighted by atomic mass is 9.95. The SMILES string of the molecule is CCc1cccc2cc(O)cc(-c3ncc4c(N5CCOCC(F)(F)C5)nc(OC[C@@]56CCCN5C[C@H](F)C6)nc4c3F)c12. The maximum atomic E-state index is 16.7. The number of fused-ring (bicyclic) bond motifs is 3. The van der Waals surface area contributed by atoms with Gasteiger partial charge in [0.25, 0.3) is 5.92 Å². The van der Waals surface area contributed by atoms with Gasteiger partial charge in [-0.2, -0.15) is 9.97 Å². The van der Waals surface area contributed by atoms with Gasteiger partial charge in [-0.15, -0.1) is 0 Å². The van der Waals surface area contributed by atoms with Crippen molar-refractivity contribution in [2.75, 3.05) is 50.9 Å². The standard InChI is InChI=1S/C32H33F4N5O3/c1-2-19-5-3-6-20-11-22(42)12-23(25(19)20)27-26(34)28-24(14-37-27)29(40-9-10-43-18-32(35,36)16-40)39-30(38-28)44-17-31-7-4-8-41(31)15-21(33)13-31/h3,5-6,11-12,14,21,42H,2,4,7-10,13,15-18H2,1H3/t21-,31+/m1/s1. The Balaban J connectivity index is 1.38. The van der Waals surface area contributed by atoms with Gasteiger partial charge in [0.2, 0.25) is 0 Å². The average Bonchev–Trinajstić information content (AvgIpc) is 3.45. The molecule has 2 aromatic heterocycles. The minimum Gasteiger partial charge on any atom is -0.508 e. The van der Waals surface area contributed by atoms with E-state index >= 15 is 4.39 Å². The van der Waals surface area contributed by atoms with Crippen molar-refractivity contribution in [3.05, 3.63) is 47.9 Å². The molecule has 0 radical (unpaired) electrons. The van der Waals surface area contributed by atoms with Crippen LogP contribution in [0.15, 0.2) is 36.5 Å². The van der Waals surface area contributed by atoms with Crippen LogP contribution in [0.25, 0.3) is 32.9 Å². The molecule has 8 nitrogen and oxygen atoms in total. The van der Waals surface area contributed by atoms with Gasteiger partial charge in [0.05, 0.1) is 24.1 Å². The number of aromatic nitrogens is 3. The van der Waals surface area contributed by atoms with Crippen molar-refractivity contribution in [1.82, 2.24) is 19.9 Å². The molecule has 7 rings (SSSR count). The number of anilines is 1. The first-order valence-electron chi connectivity index (χ1n) is 15.0. The Morgan fingerprint density at radius 2 is 2.05 bits per heavy atom. The van der Waals surface area contributed by atoms with Crippen LogP contribution < -0.4 is 9.64 Å². The van der Waals surface area contributed by atoms with E-state index in [4.69, 9.17) is 9.47 Å². The maximum absolute atomic E-state index is 16.7. The molecule has 3 saturated heterocycles. The molecule has 4 aromatic rings. The van der Waals surface area contributed by atoms with E-state index in [1.54, 1.807) is 6.07 Å². The fourth-order valence-electron chi connectivity index (χ4n) is 7.11. The minimum absolute atomic E-state index is 0.0241. The molecular weight excluding hydrogens is 578 g/mol. The van der Waals surface area contributed by atoms with Gasteiger partial charge in [-0.05, 0) is 54.3 Å². The lowest BCUT2D eigenvalue weighted by molar-refractivity contribution is -0.0564. The molecular formula is C32H33F4N5O3. The molecule has 0 bridgehead atoms. The number of pyridine rings is 1. The lowest BCUT2D eigenvalue weighted by Gasteiger charge is -2.31. The van der Waals surface area contributed by atoms with E-state index in [1.807, 2.05) is 25.1 Å². The predicted molar refractivity (Wildman–Crippen MR) is 158 cm³/mol. The summed E-state index contributed by atoms with van der Waals surface area (Å²) >= 11 is 0. The lowest BCUT2D eigenvalue weighted by Crippen LogP contribution is -2.43. The number of phenolic OH excluding ortho intramolecular Hbond substituents is 1. The van der Waals surface area contributed by atoms with Crippen LogP contribution in [0.4, 0.5) is 23.4 Å². The van der Waals surface area contributed by atoms with Crippen molar-refractivity contribution < 1.29 is 32.1 Å². The van der Waals surface area contributed by atoms with Crippen molar-refractivity contribution in [3.63, 3.8) is 0 Å². The monoisotopic (exact) mass is 611 g/mol. The number of ether oxygens (including phenoxy) is 2. The van der Waals surface area contributed by atoms with E-state index in [1.165, 1.54) is 17.2 Å². The molecule has 5 heterocycles. The molecule has 3 aliphatic rings. The molecule has 0 amide bonds. The van der Waals surface area contributed by atoms with E-state index < -0.39 is 36.6 Å². The smallest absolute Gasteiger partial charge is 0.319 e. The molecule has 2 atom stereocenters. The van der Waals surface area contributed by atoms with E-state index in [0.29, 0.717) is 24.9 Å². The summed E-state index contributed by atoms with van der Waals surface area (Å²) in [7, 11) is 0. The van der Waals surface area contributed by atoms with Crippen molar-refractivity contribution in [3.8, 4) is 23.0 Å². The first-order valence-corrected chi connectivity index (χ1v) is 15.0. The minimum atomic E-state index is -3.17. The van der Waals surface area contributed by atoms with Crippen molar-refractivity contribution in [2.45, 2.75) is 50.2 Å². The van der Waals surface area contributed by atoms with Crippen LogP contribution in [0.1, 0.15) is 31.7 Å². The normalized spacial score (nSPS) is 23.8. The zero-order valence-corrected chi connectivity index (χ0v) is 24.3. The highest BCUT2D eigenvalue weighted by Crippen LogP contribution is 2.42. The maximum Gasteiger partial charge on any atom is 0.319 e. The number of hydrogen-bond acceptors (Lipinski definition) is 8. The Morgan fingerprint density at radius 1 is 1.18 bits per heavy atom. The summed E-state index contributed by atoms with van der Waals surface area (Å²) in [5.74, 6) is -3.96. The summed E-state index contributed by atoms with van der Waals surface area (Å²) in [5.41, 5.74) is 0.622. The highest BCUT2D eigenvalue weighted by Gasteiger charge is 2.49. The number of nitrogens with zero attached hydrogens (tertiary/aromatic N) is 5. The molecule has 0 spiro atoms. The Hall–Kier alpha value is -3.77. The Morgan fingerprint density at radius 3 is 2.89 bits per heavy atom. The number of aromatic hydroxyl groups is 1. The van der Waals surface area contributed by atoms with Crippen LogP contribution in [-0.4, -0.2) is 88.6 Å². The third kappa shape index (κ3) is 5.07. The Labute approximate surface area is 251 Å². The van der Waals surface area contributed by atoms with Gasteiger partial charge < -0.3 is 19.5 Å². The summed E-state index contributed by atoms with van der Waals surface area (Å²) in [6, 6.07) is 8.54. The van der Waals surface area contributed by atoms with Gasteiger partial charge in [-0.1, -0.05) is 25.1 Å². The summed E-state index contributed by atoms with van der Waals surface area (Å²) in [5, 5.41) is 12.1. The first-order chi connectivity index (χ1) is 21.2. The molecule has 0 saturated carbocycles. The quantitative estimate of drug-likeness (QED) is 0.279. The zero-order chi connectivity index (χ0) is 30.6. The predicted octanol–water partition coefficient (Wildman–Crippen LogP) is 5.68. The van der Waals surface area contributed by atoms with E-state index in [2.05, 4.69) is 19.9 Å². The number of hydrogen-bond donors (Lipinski definition) is 1. The number of halogens is 4. The second-order valence-corrected chi connectivity index (χ2v) is 12.1. The molecule has 232 valence electrons. The first kappa shape index (κ1) is 29.0. The highest BCUT2D eigenvalue weighted by molar-refractivity contribution is 6.01. The molecule has 1 N–H and O–H groups in total. The van der Waals surface area contributed by atoms with E-state index in [9.17, 15) is 18.3 Å².